The first-order valence-electron chi connectivity index (χ1n) is 13.5. The molecule has 2 fully saturated rings. The van der Waals surface area contributed by atoms with Gasteiger partial charge in [-0.3, -0.25) is 14.5 Å². The third-order valence-corrected chi connectivity index (χ3v) is 7.46. The summed E-state index contributed by atoms with van der Waals surface area (Å²) in [6.45, 7) is 9.51. The van der Waals surface area contributed by atoms with Crippen LogP contribution >= 0.6 is 0 Å². The highest BCUT2D eigenvalue weighted by Gasteiger charge is 2.47. The maximum atomic E-state index is 13.5. The first-order valence-corrected chi connectivity index (χ1v) is 13.5. The van der Waals surface area contributed by atoms with Crippen molar-refractivity contribution < 1.29 is 24.5 Å². The summed E-state index contributed by atoms with van der Waals surface area (Å²) in [6, 6.07) is 18.3. The first-order chi connectivity index (χ1) is 19.1. The normalized spacial score (nSPS) is 19.5. The molecule has 0 bridgehead atoms. The number of rotatable bonds is 6. The Morgan fingerprint density at radius 2 is 1.52 bits per heavy atom. The second-order valence-corrected chi connectivity index (χ2v) is 10.7. The van der Waals surface area contributed by atoms with Gasteiger partial charge in [-0.05, 0) is 93.5 Å². The Bertz CT molecular complexity index is 1440. The summed E-state index contributed by atoms with van der Waals surface area (Å²) in [5, 5.41) is 21.4. The van der Waals surface area contributed by atoms with Crippen LogP contribution < -0.4 is 14.5 Å². The van der Waals surface area contributed by atoms with E-state index in [-0.39, 0.29) is 23.2 Å². The number of carbonyl (C=O) groups excluding carboxylic acids is 2. The number of aliphatic hydroxyl groups is 1. The number of Topliss-reactive ketones (excluding diaryl/α,β-unsaturated/α-hetero) is 1. The number of phenols is 1. The first kappa shape index (κ1) is 27.3. The molecule has 40 heavy (non-hydrogen) atoms. The highest BCUT2D eigenvalue weighted by Crippen LogP contribution is 2.43. The van der Waals surface area contributed by atoms with Gasteiger partial charge in [0.15, 0.2) is 0 Å². The van der Waals surface area contributed by atoms with Crippen LogP contribution in [0.4, 0.5) is 11.4 Å². The lowest BCUT2D eigenvalue weighted by Crippen LogP contribution is -2.44. The Balaban J connectivity index is 1.56. The second kappa shape index (κ2) is 11.1. The van der Waals surface area contributed by atoms with E-state index >= 15 is 0 Å². The van der Waals surface area contributed by atoms with E-state index in [1.54, 1.807) is 30.3 Å². The van der Waals surface area contributed by atoms with Gasteiger partial charge in [-0.2, -0.15) is 0 Å². The summed E-state index contributed by atoms with van der Waals surface area (Å²) in [6.07, 6.45) is -0.0133. The molecule has 5 rings (SSSR count). The Labute approximate surface area is 234 Å². The van der Waals surface area contributed by atoms with Gasteiger partial charge in [0.25, 0.3) is 11.7 Å². The minimum Gasteiger partial charge on any atom is -0.508 e. The van der Waals surface area contributed by atoms with Gasteiger partial charge in [0.05, 0.1) is 17.7 Å². The van der Waals surface area contributed by atoms with Crippen LogP contribution in [0.2, 0.25) is 0 Å². The Morgan fingerprint density at radius 3 is 2.12 bits per heavy atom. The Morgan fingerprint density at radius 1 is 0.900 bits per heavy atom. The zero-order valence-electron chi connectivity index (χ0n) is 23.3. The molecule has 1 amide bonds. The summed E-state index contributed by atoms with van der Waals surface area (Å²) in [7, 11) is 2.11. The highest BCUT2D eigenvalue weighted by atomic mass is 16.5. The molecule has 1 unspecified atom stereocenters. The van der Waals surface area contributed by atoms with Crippen LogP contribution in [0.15, 0.2) is 72.3 Å². The summed E-state index contributed by atoms with van der Waals surface area (Å²) in [5.41, 5.74) is 3.41. The molecule has 3 aromatic rings. The molecule has 208 valence electrons. The largest absolute Gasteiger partial charge is 0.508 e. The fraction of sp³-hybridized carbons (Fsp3) is 0.312. The molecule has 0 radical (unpaired) electrons. The average Bonchev–Trinajstić information content (AvgIpc) is 3.20. The lowest BCUT2D eigenvalue weighted by molar-refractivity contribution is -0.132. The minimum absolute atomic E-state index is 0.00392. The second-order valence-electron chi connectivity index (χ2n) is 10.7. The van der Waals surface area contributed by atoms with Gasteiger partial charge in [-0.15, -0.1) is 0 Å². The molecule has 0 aliphatic carbocycles. The number of benzene rings is 3. The molecular formula is C32H35N3O5. The number of anilines is 2. The predicted octanol–water partition coefficient (Wildman–Crippen LogP) is 4.87. The monoisotopic (exact) mass is 541 g/mol. The van der Waals surface area contributed by atoms with Crippen molar-refractivity contribution >= 4 is 28.8 Å². The molecule has 2 aliphatic rings. The fourth-order valence-electron chi connectivity index (χ4n) is 5.30. The number of aryl methyl sites for hydroxylation is 1. The molecule has 2 heterocycles. The molecule has 2 N–H and O–H groups in total. The molecule has 2 aliphatic heterocycles. The van der Waals surface area contributed by atoms with E-state index in [0.29, 0.717) is 22.6 Å². The van der Waals surface area contributed by atoms with Crippen LogP contribution in [0.3, 0.4) is 0 Å². The predicted molar refractivity (Wildman–Crippen MR) is 156 cm³/mol. The van der Waals surface area contributed by atoms with Crippen molar-refractivity contribution in [1.29, 1.82) is 0 Å². The van der Waals surface area contributed by atoms with Crippen molar-refractivity contribution in [1.82, 2.24) is 4.90 Å². The topological polar surface area (TPSA) is 93.6 Å². The molecule has 0 aromatic heterocycles. The average molecular weight is 542 g/mol. The molecular weight excluding hydrogens is 506 g/mol. The highest BCUT2D eigenvalue weighted by molar-refractivity contribution is 6.51. The van der Waals surface area contributed by atoms with E-state index in [2.05, 4.69) is 16.8 Å². The molecule has 3 aromatic carbocycles. The molecule has 8 nitrogen and oxygen atoms in total. The van der Waals surface area contributed by atoms with E-state index in [1.165, 1.54) is 17.0 Å². The van der Waals surface area contributed by atoms with Gasteiger partial charge in [0.1, 0.15) is 17.3 Å². The van der Waals surface area contributed by atoms with E-state index in [0.717, 1.165) is 37.4 Å². The van der Waals surface area contributed by atoms with Crippen LogP contribution in [0, 0.1) is 6.92 Å². The van der Waals surface area contributed by atoms with Gasteiger partial charge in [-0.25, -0.2) is 0 Å². The number of likely N-dealkylation sites (N-methyl/N-ethyl adjacent to an activating group) is 1. The number of hydrogen-bond acceptors (Lipinski definition) is 7. The number of ketones is 1. The number of phenolic OH excluding ortho intramolecular Hbond substituents is 1. The van der Waals surface area contributed by atoms with Crippen molar-refractivity contribution in [2.24, 2.45) is 0 Å². The molecule has 0 saturated carbocycles. The summed E-state index contributed by atoms with van der Waals surface area (Å²) in [4.78, 5) is 33.0. The van der Waals surface area contributed by atoms with Crippen LogP contribution in [-0.4, -0.2) is 66.1 Å². The Hall–Kier alpha value is -4.30. The SMILES string of the molecule is Cc1cc(/C(O)=C2/C(=O)C(=O)N(c3ccc(N4CCN(C)CC4)cc3)C2c2ccc(O)cc2)ccc1OC(C)C. The van der Waals surface area contributed by atoms with Crippen molar-refractivity contribution in [3.63, 3.8) is 0 Å². The van der Waals surface area contributed by atoms with Crippen LogP contribution in [0.1, 0.15) is 36.6 Å². The number of aromatic hydroxyl groups is 1. The lowest BCUT2D eigenvalue weighted by Gasteiger charge is -2.34. The molecule has 2 saturated heterocycles. The summed E-state index contributed by atoms with van der Waals surface area (Å²) < 4.78 is 5.82. The van der Waals surface area contributed by atoms with E-state index < -0.39 is 17.7 Å². The van der Waals surface area contributed by atoms with Crippen LogP contribution in [0.25, 0.3) is 5.76 Å². The number of ether oxygens (including phenoxy) is 1. The van der Waals surface area contributed by atoms with E-state index in [4.69, 9.17) is 4.74 Å². The number of carbonyl (C=O) groups is 2. The van der Waals surface area contributed by atoms with Crippen molar-refractivity contribution in [3.8, 4) is 11.5 Å². The van der Waals surface area contributed by atoms with E-state index in [9.17, 15) is 19.8 Å². The van der Waals surface area contributed by atoms with E-state index in [1.807, 2.05) is 45.0 Å². The standard InChI is InChI=1S/C32H35N3O5/c1-20(2)40-27-14-7-23(19-21(27)3)30(37)28-29(22-5-12-26(36)13-6-22)35(32(39)31(28)38)25-10-8-24(9-11-25)34-17-15-33(4)16-18-34/h5-14,19-20,29,36-37H,15-18H2,1-4H3/b30-28-. The molecule has 8 heteroatoms. The summed E-state index contributed by atoms with van der Waals surface area (Å²) in [5.74, 6) is -0.995. The quantitative estimate of drug-likeness (QED) is 0.261. The molecule has 1 atom stereocenters. The van der Waals surface area contributed by atoms with Crippen molar-refractivity contribution in [2.45, 2.75) is 32.9 Å². The zero-order chi connectivity index (χ0) is 28.6. The minimum atomic E-state index is -0.873. The number of amides is 1. The van der Waals surface area contributed by atoms with Crippen molar-refractivity contribution in [3.05, 3.63) is 89.0 Å². The maximum Gasteiger partial charge on any atom is 0.300 e. The lowest BCUT2D eigenvalue weighted by atomic mass is 9.94. The number of piperazine rings is 1. The van der Waals surface area contributed by atoms with Gasteiger partial charge in [0.2, 0.25) is 0 Å². The van der Waals surface area contributed by atoms with Gasteiger partial charge in [0, 0.05) is 43.1 Å². The van der Waals surface area contributed by atoms with Crippen LogP contribution in [-0.2, 0) is 9.59 Å². The zero-order valence-corrected chi connectivity index (χ0v) is 23.3. The molecule has 0 spiro atoms. The summed E-state index contributed by atoms with van der Waals surface area (Å²) >= 11 is 0. The Kier molecular flexibility index (Phi) is 7.54. The fourth-order valence-corrected chi connectivity index (χ4v) is 5.30. The number of hydrogen-bond donors (Lipinski definition) is 2. The maximum absolute atomic E-state index is 13.5. The van der Waals surface area contributed by atoms with Crippen LogP contribution in [0.5, 0.6) is 11.5 Å². The van der Waals surface area contributed by atoms with Gasteiger partial charge in [-0.1, -0.05) is 12.1 Å². The number of nitrogens with zero attached hydrogens (tertiary/aromatic N) is 3. The van der Waals surface area contributed by atoms with Crippen molar-refractivity contribution in [2.75, 3.05) is 43.0 Å². The third-order valence-electron chi connectivity index (χ3n) is 7.46. The van der Waals surface area contributed by atoms with Gasteiger partial charge < -0.3 is 24.7 Å². The van der Waals surface area contributed by atoms with Gasteiger partial charge >= 0.3 is 0 Å². The third kappa shape index (κ3) is 5.27. The smallest absolute Gasteiger partial charge is 0.300 e. The number of aliphatic hydroxyl groups excluding tert-OH is 1.